The Morgan fingerprint density at radius 1 is 1.37 bits per heavy atom. The molecule has 1 saturated heterocycles. The Morgan fingerprint density at radius 2 is 2.16 bits per heavy atom. The van der Waals surface area contributed by atoms with E-state index < -0.39 is 0 Å². The second-order valence-electron chi connectivity index (χ2n) is 4.60. The summed E-state index contributed by atoms with van der Waals surface area (Å²) in [5, 5.41) is 9.97. The van der Waals surface area contributed by atoms with Crippen LogP contribution in [0.25, 0.3) is 0 Å². The van der Waals surface area contributed by atoms with Gasteiger partial charge in [0.2, 0.25) is 0 Å². The second-order valence-corrected chi connectivity index (χ2v) is 5.04. The van der Waals surface area contributed by atoms with Crippen molar-refractivity contribution in [1.82, 2.24) is 4.90 Å². The van der Waals surface area contributed by atoms with Gasteiger partial charge in [0, 0.05) is 18.1 Å². The molecule has 106 valence electrons. The Bertz CT molecular complexity index is 371. The lowest BCUT2D eigenvalue weighted by Crippen LogP contribution is -2.47. The smallest absolute Gasteiger partial charge is 0.119 e. The molecule has 0 spiro atoms. The molecule has 1 heterocycles. The molecule has 0 radical (unpaired) electrons. The van der Waals surface area contributed by atoms with E-state index in [1.807, 2.05) is 24.3 Å². The van der Waals surface area contributed by atoms with E-state index >= 15 is 0 Å². The van der Waals surface area contributed by atoms with Crippen LogP contribution >= 0.6 is 11.6 Å². The van der Waals surface area contributed by atoms with Gasteiger partial charge in [-0.05, 0) is 30.7 Å². The molecular weight excluding hydrogens is 266 g/mol. The molecule has 19 heavy (non-hydrogen) atoms. The van der Waals surface area contributed by atoms with Crippen molar-refractivity contribution in [1.29, 1.82) is 0 Å². The molecule has 4 nitrogen and oxygen atoms in total. The van der Waals surface area contributed by atoms with Crippen LogP contribution in [-0.4, -0.2) is 55.6 Å². The summed E-state index contributed by atoms with van der Waals surface area (Å²) < 4.78 is 11.0. The van der Waals surface area contributed by atoms with Gasteiger partial charge in [0.05, 0.1) is 32.5 Å². The van der Waals surface area contributed by atoms with Crippen molar-refractivity contribution in [2.24, 2.45) is 0 Å². The Balaban J connectivity index is 1.67. The molecule has 1 atom stereocenters. The highest BCUT2D eigenvalue weighted by atomic mass is 35.5. The molecule has 0 aromatic heterocycles. The fourth-order valence-corrected chi connectivity index (χ4v) is 2.27. The van der Waals surface area contributed by atoms with E-state index in [-0.39, 0.29) is 12.6 Å². The van der Waals surface area contributed by atoms with Crippen molar-refractivity contribution in [3.05, 3.63) is 29.3 Å². The van der Waals surface area contributed by atoms with Crippen LogP contribution in [0, 0.1) is 0 Å². The van der Waals surface area contributed by atoms with Crippen LogP contribution in [0.1, 0.15) is 6.42 Å². The maximum Gasteiger partial charge on any atom is 0.119 e. The predicted molar refractivity (Wildman–Crippen MR) is 74.8 cm³/mol. The Morgan fingerprint density at radius 3 is 2.89 bits per heavy atom. The molecule has 5 heteroatoms. The van der Waals surface area contributed by atoms with Crippen LogP contribution in [0.2, 0.25) is 5.02 Å². The van der Waals surface area contributed by atoms with E-state index in [1.54, 1.807) is 0 Å². The number of benzene rings is 1. The molecule has 0 bridgehead atoms. The number of hydrogen-bond donors (Lipinski definition) is 1. The van der Waals surface area contributed by atoms with Crippen LogP contribution in [0.5, 0.6) is 5.75 Å². The van der Waals surface area contributed by atoms with Crippen LogP contribution in [0.3, 0.4) is 0 Å². The average molecular weight is 286 g/mol. The van der Waals surface area contributed by atoms with Crippen LogP contribution in [0.15, 0.2) is 24.3 Å². The summed E-state index contributed by atoms with van der Waals surface area (Å²) in [5.41, 5.74) is 0. The highest BCUT2D eigenvalue weighted by molar-refractivity contribution is 6.30. The largest absolute Gasteiger partial charge is 0.494 e. The van der Waals surface area contributed by atoms with Crippen molar-refractivity contribution >= 4 is 11.6 Å². The van der Waals surface area contributed by atoms with Crippen molar-refractivity contribution < 1.29 is 14.6 Å². The third kappa shape index (κ3) is 4.66. The Hall–Kier alpha value is -0.810. The lowest BCUT2D eigenvalue weighted by Gasteiger charge is -2.34. The maximum atomic E-state index is 9.26. The molecule has 1 fully saturated rings. The van der Waals surface area contributed by atoms with Gasteiger partial charge in [-0.15, -0.1) is 0 Å². The van der Waals surface area contributed by atoms with Crippen molar-refractivity contribution in [2.75, 3.05) is 39.5 Å². The average Bonchev–Trinajstić information content (AvgIpc) is 2.46. The zero-order valence-electron chi connectivity index (χ0n) is 10.9. The van der Waals surface area contributed by atoms with Crippen LogP contribution in [-0.2, 0) is 4.74 Å². The molecule has 0 aliphatic carbocycles. The van der Waals surface area contributed by atoms with Gasteiger partial charge in [0.15, 0.2) is 0 Å². The number of aliphatic hydroxyl groups excluding tert-OH is 1. The first kappa shape index (κ1) is 14.6. The monoisotopic (exact) mass is 285 g/mol. The Labute approximate surface area is 118 Å². The molecule has 1 aromatic rings. The van der Waals surface area contributed by atoms with Gasteiger partial charge in [0.1, 0.15) is 5.75 Å². The normalized spacial score (nSPS) is 20.4. The second kappa shape index (κ2) is 7.70. The summed E-state index contributed by atoms with van der Waals surface area (Å²) in [7, 11) is 0. The summed E-state index contributed by atoms with van der Waals surface area (Å²) >= 11 is 5.81. The number of rotatable bonds is 6. The number of nitrogens with zero attached hydrogens (tertiary/aromatic N) is 1. The number of halogens is 1. The van der Waals surface area contributed by atoms with Gasteiger partial charge in [-0.25, -0.2) is 0 Å². The molecule has 1 aliphatic rings. The van der Waals surface area contributed by atoms with E-state index in [9.17, 15) is 5.11 Å². The molecule has 0 amide bonds. The standard InChI is InChI=1S/C14H20ClNO3/c15-12-2-4-14(5-3-12)19-8-1-6-16-7-9-18-11-13(16)10-17/h2-5,13,17H,1,6-11H2. The van der Waals surface area contributed by atoms with Gasteiger partial charge in [-0.1, -0.05) is 11.6 Å². The van der Waals surface area contributed by atoms with E-state index in [4.69, 9.17) is 21.1 Å². The van der Waals surface area contributed by atoms with E-state index in [2.05, 4.69) is 4.90 Å². The molecule has 2 rings (SSSR count). The van der Waals surface area contributed by atoms with Crippen molar-refractivity contribution in [3.63, 3.8) is 0 Å². The summed E-state index contributed by atoms with van der Waals surface area (Å²) in [5.74, 6) is 0.838. The van der Waals surface area contributed by atoms with Gasteiger partial charge in [0.25, 0.3) is 0 Å². The summed E-state index contributed by atoms with van der Waals surface area (Å²) in [4.78, 5) is 2.26. The fraction of sp³-hybridized carbons (Fsp3) is 0.571. The van der Waals surface area contributed by atoms with Crippen LogP contribution < -0.4 is 4.74 Å². The molecule has 0 saturated carbocycles. The van der Waals surface area contributed by atoms with Gasteiger partial charge < -0.3 is 14.6 Å². The molecular formula is C14H20ClNO3. The van der Waals surface area contributed by atoms with Gasteiger partial charge in [-0.3, -0.25) is 4.90 Å². The van der Waals surface area contributed by atoms with Crippen molar-refractivity contribution in [2.45, 2.75) is 12.5 Å². The van der Waals surface area contributed by atoms with Crippen LogP contribution in [0.4, 0.5) is 0 Å². The number of hydrogen-bond acceptors (Lipinski definition) is 4. The minimum atomic E-state index is 0.129. The number of ether oxygens (including phenoxy) is 2. The third-order valence-corrected chi connectivity index (χ3v) is 3.48. The highest BCUT2D eigenvalue weighted by Crippen LogP contribution is 2.15. The minimum absolute atomic E-state index is 0.129. The lowest BCUT2D eigenvalue weighted by atomic mass is 10.2. The first-order valence-corrected chi connectivity index (χ1v) is 6.98. The molecule has 1 unspecified atom stereocenters. The summed E-state index contributed by atoms with van der Waals surface area (Å²) in [6, 6.07) is 7.51. The third-order valence-electron chi connectivity index (χ3n) is 3.23. The van der Waals surface area contributed by atoms with E-state index in [1.165, 1.54) is 0 Å². The maximum absolute atomic E-state index is 9.26. The zero-order chi connectivity index (χ0) is 13.5. The lowest BCUT2D eigenvalue weighted by molar-refractivity contribution is -0.0287. The number of morpholine rings is 1. The quantitative estimate of drug-likeness (QED) is 0.810. The predicted octanol–water partition coefficient (Wildman–Crippen LogP) is 1.80. The minimum Gasteiger partial charge on any atom is -0.494 e. The fourth-order valence-electron chi connectivity index (χ4n) is 2.14. The molecule has 1 aromatic carbocycles. The molecule has 1 aliphatic heterocycles. The van der Waals surface area contributed by atoms with Gasteiger partial charge >= 0.3 is 0 Å². The number of aliphatic hydroxyl groups is 1. The van der Waals surface area contributed by atoms with E-state index in [0.29, 0.717) is 18.2 Å². The summed E-state index contributed by atoms with van der Waals surface area (Å²) in [6.07, 6.45) is 0.930. The topological polar surface area (TPSA) is 41.9 Å². The first-order chi connectivity index (χ1) is 9.29. The SMILES string of the molecule is OCC1COCCN1CCCOc1ccc(Cl)cc1. The zero-order valence-corrected chi connectivity index (χ0v) is 11.7. The van der Waals surface area contributed by atoms with Crippen molar-refractivity contribution in [3.8, 4) is 5.75 Å². The van der Waals surface area contributed by atoms with E-state index in [0.717, 1.165) is 31.9 Å². The summed E-state index contributed by atoms with van der Waals surface area (Å²) in [6.45, 7) is 3.98. The highest BCUT2D eigenvalue weighted by Gasteiger charge is 2.21. The van der Waals surface area contributed by atoms with Gasteiger partial charge in [-0.2, -0.15) is 0 Å². The molecule has 1 N–H and O–H groups in total. The Kier molecular flexibility index (Phi) is 5.92. The first-order valence-electron chi connectivity index (χ1n) is 6.60.